The Balaban J connectivity index is 2.27. The predicted molar refractivity (Wildman–Crippen MR) is 72.6 cm³/mol. The Kier molecular flexibility index (Phi) is 2.61. The van der Waals surface area contributed by atoms with Crippen LogP contribution in [0.5, 0.6) is 11.5 Å². The van der Waals surface area contributed by atoms with Crippen molar-refractivity contribution < 1.29 is 9.47 Å². The Hall–Kier alpha value is -1.44. The van der Waals surface area contributed by atoms with E-state index < -0.39 is 0 Å². The van der Waals surface area contributed by atoms with E-state index in [1.165, 1.54) is 29.5 Å². The number of hydrogen-bond acceptors (Lipinski definition) is 2. The van der Waals surface area contributed by atoms with Crippen LogP contribution in [0, 0.1) is 0 Å². The van der Waals surface area contributed by atoms with Crippen molar-refractivity contribution in [2.45, 2.75) is 38.5 Å². The molecule has 0 N–H and O–H groups in total. The van der Waals surface area contributed by atoms with Gasteiger partial charge in [-0.1, -0.05) is 11.1 Å². The minimum Gasteiger partial charge on any atom is -0.496 e. The molecule has 3 rings (SSSR count). The summed E-state index contributed by atoms with van der Waals surface area (Å²) in [6, 6.07) is 4.09. The molecule has 0 unspecified atom stereocenters. The first-order valence-electron chi connectivity index (χ1n) is 6.61. The van der Waals surface area contributed by atoms with Crippen molar-refractivity contribution in [3.05, 3.63) is 34.4 Å². The second kappa shape index (κ2) is 4.04. The molecule has 0 amide bonds. The quantitative estimate of drug-likeness (QED) is 0.732. The molecule has 2 bridgehead atoms. The third kappa shape index (κ3) is 1.35. The van der Waals surface area contributed by atoms with E-state index in [1.807, 2.05) is 12.1 Å². The number of hydrogen-bond donors (Lipinski definition) is 0. The molecule has 2 aliphatic carbocycles. The first-order chi connectivity index (χ1) is 8.69. The molecule has 96 valence electrons. The van der Waals surface area contributed by atoms with Crippen LogP contribution in [0.1, 0.15) is 49.7 Å². The van der Waals surface area contributed by atoms with Gasteiger partial charge in [0.2, 0.25) is 0 Å². The molecule has 0 heterocycles. The highest BCUT2D eigenvalue weighted by Gasteiger charge is 2.45. The van der Waals surface area contributed by atoms with Gasteiger partial charge in [0.1, 0.15) is 11.5 Å². The summed E-state index contributed by atoms with van der Waals surface area (Å²) in [6.07, 6.45) is 2.50. The van der Waals surface area contributed by atoms with Gasteiger partial charge < -0.3 is 9.47 Å². The Labute approximate surface area is 109 Å². The molecule has 0 aromatic heterocycles. The van der Waals surface area contributed by atoms with E-state index in [-0.39, 0.29) is 0 Å². The van der Waals surface area contributed by atoms with Gasteiger partial charge in [0.05, 0.1) is 14.2 Å². The van der Waals surface area contributed by atoms with E-state index in [4.69, 9.17) is 9.47 Å². The summed E-state index contributed by atoms with van der Waals surface area (Å²) in [7, 11) is 3.52. The summed E-state index contributed by atoms with van der Waals surface area (Å²) in [6.45, 7) is 4.46. The first kappa shape index (κ1) is 11.6. The van der Waals surface area contributed by atoms with Gasteiger partial charge in [-0.3, -0.25) is 0 Å². The maximum absolute atomic E-state index is 5.56. The van der Waals surface area contributed by atoms with Gasteiger partial charge in [-0.2, -0.15) is 0 Å². The van der Waals surface area contributed by atoms with Gasteiger partial charge in [0.25, 0.3) is 0 Å². The number of rotatable bonds is 2. The zero-order valence-electron chi connectivity index (χ0n) is 11.5. The van der Waals surface area contributed by atoms with Gasteiger partial charge in [0.15, 0.2) is 0 Å². The van der Waals surface area contributed by atoms with Gasteiger partial charge >= 0.3 is 0 Å². The van der Waals surface area contributed by atoms with Crippen LogP contribution in [0.3, 0.4) is 0 Å². The lowest BCUT2D eigenvalue weighted by Gasteiger charge is -2.20. The molecule has 0 aliphatic heterocycles. The highest BCUT2D eigenvalue weighted by molar-refractivity contribution is 5.64. The fourth-order valence-electron chi connectivity index (χ4n) is 3.86. The molecule has 2 heteroatoms. The number of ether oxygens (including phenoxy) is 2. The van der Waals surface area contributed by atoms with Gasteiger partial charge in [-0.25, -0.2) is 0 Å². The summed E-state index contributed by atoms with van der Waals surface area (Å²) < 4.78 is 11.1. The van der Waals surface area contributed by atoms with Gasteiger partial charge in [0, 0.05) is 23.0 Å². The Morgan fingerprint density at radius 3 is 1.72 bits per heavy atom. The van der Waals surface area contributed by atoms with Gasteiger partial charge in [-0.15, -0.1) is 0 Å². The van der Waals surface area contributed by atoms with Crippen molar-refractivity contribution >= 4 is 0 Å². The van der Waals surface area contributed by atoms with Crippen molar-refractivity contribution in [2.24, 2.45) is 0 Å². The van der Waals surface area contributed by atoms with E-state index in [9.17, 15) is 0 Å². The summed E-state index contributed by atoms with van der Waals surface area (Å²) in [5, 5.41) is 0. The normalized spacial score (nSPS) is 24.1. The molecule has 1 fully saturated rings. The zero-order chi connectivity index (χ0) is 12.9. The number of benzene rings is 1. The number of fused-ring (bicyclic) bond motifs is 5. The highest BCUT2D eigenvalue weighted by Crippen LogP contribution is 2.62. The topological polar surface area (TPSA) is 18.5 Å². The summed E-state index contributed by atoms with van der Waals surface area (Å²) >= 11 is 0. The Morgan fingerprint density at radius 1 is 0.944 bits per heavy atom. The van der Waals surface area contributed by atoms with Crippen LogP contribution in [0.2, 0.25) is 0 Å². The molecule has 2 nitrogen and oxygen atoms in total. The molecule has 2 atom stereocenters. The van der Waals surface area contributed by atoms with E-state index in [2.05, 4.69) is 13.8 Å². The van der Waals surface area contributed by atoms with Crippen molar-refractivity contribution in [3.8, 4) is 11.5 Å². The standard InChI is InChI=1S/C16H20O2/c1-9(2)14-10-5-6-11(14)16-13(18-4)8-7-12(17-3)15(10)16/h7-8,10-11H,5-6H2,1-4H3/t10-,11-/m1/s1. The summed E-state index contributed by atoms with van der Waals surface area (Å²) in [5.41, 5.74) is 5.82. The molecule has 2 aliphatic rings. The monoisotopic (exact) mass is 244 g/mol. The third-order valence-electron chi connectivity index (χ3n) is 4.42. The second-order valence-electron chi connectivity index (χ2n) is 5.44. The lowest BCUT2D eigenvalue weighted by Crippen LogP contribution is -2.03. The van der Waals surface area contributed by atoms with Crippen LogP contribution < -0.4 is 9.47 Å². The average Bonchev–Trinajstić information content (AvgIpc) is 2.94. The lowest BCUT2D eigenvalue weighted by atomic mass is 9.90. The molecule has 1 aromatic rings. The van der Waals surface area contributed by atoms with E-state index in [1.54, 1.807) is 19.8 Å². The molecular weight excluding hydrogens is 224 g/mol. The largest absolute Gasteiger partial charge is 0.496 e. The fourth-order valence-corrected chi connectivity index (χ4v) is 3.86. The Bertz CT molecular complexity index is 483. The third-order valence-corrected chi connectivity index (χ3v) is 4.42. The Morgan fingerprint density at radius 2 is 1.39 bits per heavy atom. The van der Waals surface area contributed by atoms with Crippen LogP contribution in [-0.2, 0) is 0 Å². The number of allylic oxidation sites excluding steroid dienone is 2. The van der Waals surface area contributed by atoms with Crippen LogP contribution in [0.15, 0.2) is 23.3 Å². The minimum absolute atomic E-state index is 0.556. The zero-order valence-corrected chi connectivity index (χ0v) is 11.5. The van der Waals surface area contributed by atoms with E-state index >= 15 is 0 Å². The van der Waals surface area contributed by atoms with Crippen molar-refractivity contribution in [1.82, 2.24) is 0 Å². The number of methoxy groups -OCH3 is 2. The molecule has 0 spiro atoms. The van der Waals surface area contributed by atoms with Crippen LogP contribution >= 0.6 is 0 Å². The highest BCUT2D eigenvalue weighted by atomic mass is 16.5. The molecule has 1 saturated carbocycles. The van der Waals surface area contributed by atoms with Crippen molar-refractivity contribution in [1.29, 1.82) is 0 Å². The SMILES string of the molecule is COc1ccc(OC)c2c1[C@@H]1CC[C@@H]2C1=C(C)C. The maximum atomic E-state index is 5.56. The second-order valence-corrected chi connectivity index (χ2v) is 5.44. The first-order valence-corrected chi connectivity index (χ1v) is 6.61. The molecule has 0 saturated heterocycles. The van der Waals surface area contributed by atoms with Crippen molar-refractivity contribution in [3.63, 3.8) is 0 Å². The molecule has 18 heavy (non-hydrogen) atoms. The summed E-state index contributed by atoms with van der Waals surface area (Å²) in [5.74, 6) is 3.16. The summed E-state index contributed by atoms with van der Waals surface area (Å²) in [4.78, 5) is 0. The molecule has 0 radical (unpaired) electrons. The fraction of sp³-hybridized carbons (Fsp3) is 0.500. The maximum Gasteiger partial charge on any atom is 0.123 e. The average molecular weight is 244 g/mol. The minimum atomic E-state index is 0.556. The smallest absolute Gasteiger partial charge is 0.123 e. The van der Waals surface area contributed by atoms with Crippen LogP contribution in [0.4, 0.5) is 0 Å². The predicted octanol–water partition coefficient (Wildman–Crippen LogP) is 4.01. The van der Waals surface area contributed by atoms with Crippen molar-refractivity contribution in [2.75, 3.05) is 14.2 Å². The van der Waals surface area contributed by atoms with Crippen LogP contribution in [-0.4, -0.2) is 14.2 Å². The van der Waals surface area contributed by atoms with Gasteiger partial charge in [-0.05, 0) is 38.8 Å². The molecular formula is C16H20O2. The van der Waals surface area contributed by atoms with Crippen LogP contribution in [0.25, 0.3) is 0 Å². The van der Waals surface area contributed by atoms with E-state index in [0.29, 0.717) is 11.8 Å². The molecule has 1 aromatic carbocycles. The lowest BCUT2D eigenvalue weighted by molar-refractivity contribution is 0.391. The van der Waals surface area contributed by atoms with E-state index in [0.717, 1.165) is 11.5 Å².